The Bertz CT molecular complexity index is 1250. The van der Waals surface area contributed by atoms with Gasteiger partial charge in [0.25, 0.3) is 0 Å². The maximum atomic E-state index is 12.7. The first-order valence-corrected chi connectivity index (χ1v) is 9.03. The van der Waals surface area contributed by atoms with Gasteiger partial charge in [0.05, 0.1) is 23.7 Å². The minimum absolute atomic E-state index is 0.0575. The molecule has 0 bridgehead atoms. The van der Waals surface area contributed by atoms with Gasteiger partial charge in [-0.05, 0) is 42.0 Å². The van der Waals surface area contributed by atoms with Gasteiger partial charge in [0.1, 0.15) is 17.6 Å². The molecule has 140 valence electrons. The number of nitrogens with one attached hydrogen (secondary N) is 1. The smallest absolute Gasteiger partial charge is 0.193 e. The third-order valence-electron chi connectivity index (χ3n) is 4.58. The van der Waals surface area contributed by atoms with Crippen molar-refractivity contribution in [3.8, 4) is 11.8 Å². The molecule has 3 aromatic carbocycles. The van der Waals surface area contributed by atoms with Gasteiger partial charge in [-0.1, -0.05) is 42.5 Å². The van der Waals surface area contributed by atoms with E-state index in [-0.39, 0.29) is 5.78 Å². The third-order valence-corrected chi connectivity index (χ3v) is 4.58. The molecule has 1 heterocycles. The number of fused-ring (bicyclic) bond motifs is 1. The Morgan fingerprint density at radius 3 is 2.48 bits per heavy atom. The SMILES string of the molecule is COc1ccc(/C=C(\C#N)c2nc3ccc(C(=O)c4ccccc4)cc3[nH]2)cc1. The number of hydrogen-bond donors (Lipinski definition) is 1. The van der Waals surface area contributed by atoms with Crippen molar-refractivity contribution in [2.75, 3.05) is 7.11 Å². The standard InChI is InChI=1S/C24H17N3O2/c1-29-20-10-7-16(8-11-20)13-19(15-25)24-26-21-12-9-18(14-22(21)27-24)23(28)17-5-3-2-4-6-17/h2-14H,1H3,(H,26,27)/b19-13+. The molecule has 29 heavy (non-hydrogen) atoms. The molecule has 0 amide bonds. The molecular formula is C24H17N3O2. The van der Waals surface area contributed by atoms with Crippen molar-refractivity contribution >= 4 is 28.5 Å². The number of carbonyl (C=O) groups is 1. The zero-order valence-electron chi connectivity index (χ0n) is 15.7. The van der Waals surface area contributed by atoms with Crippen LogP contribution in [0.1, 0.15) is 27.3 Å². The van der Waals surface area contributed by atoms with E-state index in [4.69, 9.17) is 4.74 Å². The summed E-state index contributed by atoms with van der Waals surface area (Å²) < 4.78 is 5.16. The van der Waals surface area contributed by atoms with E-state index in [0.29, 0.717) is 33.6 Å². The van der Waals surface area contributed by atoms with Crippen LogP contribution in [-0.4, -0.2) is 22.9 Å². The largest absolute Gasteiger partial charge is 0.497 e. The van der Waals surface area contributed by atoms with E-state index in [1.165, 1.54) is 0 Å². The molecule has 1 aromatic heterocycles. The van der Waals surface area contributed by atoms with Gasteiger partial charge in [0.15, 0.2) is 5.78 Å². The number of allylic oxidation sites excluding steroid dienone is 1. The number of ether oxygens (including phenoxy) is 1. The number of nitriles is 1. The van der Waals surface area contributed by atoms with E-state index in [1.807, 2.05) is 42.5 Å². The minimum Gasteiger partial charge on any atom is -0.497 e. The fraction of sp³-hybridized carbons (Fsp3) is 0.0417. The molecule has 0 aliphatic heterocycles. The first-order chi connectivity index (χ1) is 14.2. The van der Waals surface area contributed by atoms with Crippen LogP contribution in [0.25, 0.3) is 22.7 Å². The number of H-pyrrole nitrogens is 1. The third kappa shape index (κ3) is 3.78. The van der Waals surface area contributed by atoms with Crippen LogP contribution in [0.15, 0.2) is 72.8 Å². The van der Waals surface area contributed by atoms with Gasteiger partial charge in [-0.15, -0.1) is 0 Å². The quantitative estimate of drug-likeness (QED) is 0.396. The summed E-state index contributed by atoms with van der Waals surface area (Å²) in [4.78, 5) is 20.3. The molecule has 0 aliphatic carbocycles. The van der Waals surface area contributed by atoms with Gasteiger partial charge in [-0.3, -0.25) is 4.79 Å². The van der Waals surface area contributed by atoms with Crippen LogP contribution in [0.4, 0.5) is 0 Å². The Labute approximate surface area is 167 Å². The number of ketones is 1. The van der Waals surface area contributed by atoms with Crippen molar-refractivity contribution < 1.29 is 9.53 Å². The number of rotatable bonds is 5. The summed E-state index contributed by atoms with van der Waals surface area (Å²) in [7, 11) is 1.61. The number of imidazole rings is 1. The van der Waals surface area contributed by atoms with E-state index in [2.05, 4.69) is 16.0 Å². The van der Waals surface area contributed by atoms with Crippen molar-refractivity contribution in [2.24, 2.45) is 0 Å². The maximum absolute atomic E-state index is 12.7. The second-order valence-electron chi connectivity index (χ2n) is 6.46. The molecule has 4 aromatic rings. The average Bonchev–Trinajstić information content (AvgIpc) is 3.21. The summed E-state index contributed by atoms with van der Waals surface area (Å²) >= 11 is 0. The summed E-state index contributed by atoms with van der Waals surface area (Å²) in [6.07, 6.45) is 1.76. The van der Waals surface area contributed by atoms with E-state index in [1.54, 1.807) is 43.5 Å². The number of nitrogens with zero attached hydrogens (tertiary/aromatic N) is 2. The molecule has 0 saturated carbocycles. The first kappa shape index (κ1) is 18.2. The van der Waals surface area contributed by atoms with Crippen LogP contribution in [0.2, 0.25) is 0 Å². The second-order valence-corrected chi connectivity index (χ2v) is 6.46. The Hall–Kier alpha value is -4.17. The number of methoxy groups -OCH3 is 1. The van der Waals surface area contributed by atoms with E-state index >= 15 is 0 Å². The first-order valence-electron chi connectivity index (χ1n) is 9.03. The lowest BCUT2D eigenvalue weighted by Crippen LogP contribution is -2.00. The highest BCUT2D eigenvalue weighted by Gasteiger charge is 2.12. The number of benzene rings is 3. The molecule has 0 atom stereocenters. The van der Waals surface area contributed by atoms with E-state index in [0.717, 1.165) is 11.3 Å². The van der Waals surface area contributed by atoms with E-state index in [9.17, 15) is 10.1 Å². The second kappa shape index (κ2) is 7.83. The molecular weight excluding hydrogens is 362 g/mol. The molecule has 0 saturated heterocycles. The Morgan fingerprint density at radius 2 is 1.79 bits per heavy atom. The van der Waals surface area contributed by atoms with Crippen molar-refractivity contribution in [3.63, 3.8) is 0 Å². The van der Waals surface area contributed by atoms with E-state index < -0.39 is 0 Å². The number of carbonyl (C=O) groups excluding carboxylic acids is 1. The highest BCUT2D eigenvalue weighted by atomic mass is 16.5. The minimum atomic E-state index is -0.0575. The van der Waals surface area contributed by atoms with Gasteiger partial charge in [-0.2, -0.15) is 5.26 Å². The molecule has 4 rings (SSSR count). The van der Waals surface area contributed by atoms with Gasteiger partial charge >= 0.3 is 0 Å². The molecule has 5 heteroatoms. The van der Waals surface area contributed by atoms with Gasteiger partial charge in [0, 0.05) is 11.1 Å². The lowest BCUT2D eigenvalue weighted by Gasteiger charge is -2.00. The van der Waals surface area contributed by atoms with Crippen molar-refractivity contribution in [3.05, 3.63) is 95.3 Å². The van der Waals surface area contributed by atoms with Gasteiger partial charge in [0.2, 0.25) is 0 Å². The fourth-order valence-electron chi connectivity index (χ4n) is 3.06. The zero-order chi connectivity index (χ0) is 20.2. The Morgan fingerprint density at radius 1 is 1.03 bits per heavy atom. The zero-order valence-corrected chi connectivity index (χ0v) is 15.7. The van der Waals surface area contributed by atoms with Crippen LogP contribution >= 0.6 is 0 Å². The molecule has 0 unspecified atom stereocenters. The van der Waals surface area contributed by atoms with Crippen molar-refractivity contribution in [1.29, 1.82) is 5.26 Å². The number of aromatic nitrogens is 2. The lowest BCUT2D eigenvalue weighted by atomic mass is 10.0. The number of aromatic amines is 1. The van der Waals surface area contributed by atoms with Crippen LogP contribution in [0.5, 0.6) is 5.75 Å². The predicted molar refractivity (Wildman–Crippen MR) is 112 cm³/mol. The fourth-order valence-corrected chi connectivity index (χ4v) is 3.06. The van der Waals surface area contributed by atoms with Gasteiger partial charge < -0.3 is 9.72 Å². The normalized spacial score (nSPS) is 11.2. The lowest BCUT2D eigenvalue weighted by molar-refractivity contribution is 0.103. The molecule has 0 radical (unpaired) electrons. The predicted octanol–water partition coefficient (Wildman–Crippen LogP) is 4.87. The average molecular weight is 379 g/mol. The van der Waals surface area contributed by atoms with Gasteiger partial charge in [-0.25, -0.2) is 4.98 Å². The maximum Gasteiger partial charge on any atom is 0.193 e. The van der Waals surface area contributed by atoms with Crippen LogP contribution in [0.3, 0.4) is 0 Å². The Kier molecular flexibility index (Phi) is 4.91. The van der Waals surface area contributed by atoms with Crippen LogP contribution < -0.4 is 4.74 Å². The highest BCUT2D eigenvalue weighted by molar-refractivity contribution is 6.10. The summed E-state index contributed by atoms with van der Waals surface area (Å²) in [6, 6.07) is 24.0. The van der Waals surface area contributed by atoms with Crippen LogP contribution in [-0.2, 0) is 0 Å². The van der Waals surface area contributed by atoms with Crippen molar-refractivity contribution in [1.82, 2.24) is 9.97 Å². The summed E-state index contributed by atoms with van der Waals surface area (Å²) in [5, 5.41) is 9.60. The summed E-state index contributed by atoms with van der Waals surface area (Å²) in [5.74, 6) is 1.15. The number of hydrogen-bond acceptors (Lipinski definition) is 4. The highest BCUT2D eigenvalue weighted by Crippen LogP contribution is 2.22. The van der Waals surface area contributed by atoms with Crippen LogP contribution in [0, 0.1) is 11.3 Å². The summed E-state index contributed by atoms with van der Waals surface area (Å²) in [6.45, 7) is 0. The monoisotopic (exact) mass is 379 g/mol. The molecule has 1 N–H and O–H groups in total. The topological polar surface area (TPSA) is 78.8 Å². The van der Waals surface area contributed by atoms with Crippen molar-refractivity contribution in [2.45, 2.75) is 0 Å². The summed E-state index contributed by atoms with van der Waals surface area (Å²) in [5.41, 5.74) is 3.86. The Balaban J connectivity index is 1.68. The molecule has 5 nitrogen and oxygen atoms in total. The molecule has 0 aliphatic rings. The molecule has 0 spiro atoms. The molecule has 0 fully saturated rings.